The molecule has 90 valence electrons. The molecule has 8 heteroatoms. The van der Waals surface area contributed by atoms with Crippen molar-refractivity contribution in [3.63, 3.8) is 0 Å². The number of halogens is 4. The molecule has 1 heterocycles. The van der Waals surface area contributed by atoms with Gasteiger partial charge in [-0.25, -0.2) is 9.97 Å². The highest BCUT2D eigenvalue weighted by molar-refractivity contribution is 14.1. The average Bonchev–Trinajstić information content (AvgIpc) is 2.18. The zero-order valence-electron chi connectivity index (χ0n) is 8.52. The number of hydrogen-bond acceptors (Lipinski definition) is 4. The molecule has 0 aromatic carbocycles. The number of alkyl halides is 3. The molecular formula is C8H9F3IN3S. The molecule has 0 bridgehead atoms. The molecule has 1 aromatic heterocycles. The molecule has 1 N–H and O–H groups in total. The minimum atomic E-state index is -4.25. The standard InChI is InChI=1S/C8H9F3IN3S/c1-4-5(12)6(13-3-8(9,10)11)15-7(14-4)16-2/h3H2,1-2H3,(H,13,14,15). The Morgan fingerprint density at radius 2 is 2.00 bits per heavy atom. The Bertz CT molecular complexity index is 384. The van der Waals surface area contributed by atoms with Crippen LogP contribution in [0.5, 0.6) is 0 Å². The van der Waals surface area contributed by atoms with E-state index in [9.17, 15) is 13.2 Å². The number of aryl methyl sites for hydroxylation is 1. The van der Waals surface area contributed by atoms with Gasteiger partial charge in [0.1, 0.15) is 12.4 Å². The first-order valence-electron chi connectivity index (χ1n) is 4.22. The predicted octanol–water partition coefficient (Wildman–Crippen LogP) is 3.09. The highest BCUT2D eigenvalue weighted by atomic mass is 127. The lowest BCUT2D eigenvalue weighted by molar-refractivity contribution is -0.115. The van der Waals surface area contributed by atoms with Crippen molar-refractivity contribution >= 4 is 40.2 Å². The maximum absolute atomic E-state index is 12.0. The normalized spacial score (nSPS) is 11.6. The van der Waals surface area contributed by atoms with Crippen molar-refractivity contribution < 1.29 is 13.2 Å². The van der Waals surface area contributed by atoms with Crippen LogP contribution in [-0.4, -0.2) is 28.9 Å². The third-order valence-corrected chi connectivity index (χ3v) is 3.47. The molecule has 0 radical (unpaired) electrons. The molecule has 0 unspecified atom stereocenters. The van der Waals surface area contributed by atoms with Crippen molar-refractivity contribution in [2.45, 2.75) is 18.3 Å². The van der Waals surface area contributed by atoms with Crippen LogP contribution in [0, 0.1) is 10.5 Å². The van der Waals surface area contributed by atoms with Crippen LogP contribution in [0.25, 0.3) is 0 Å². The van der Waals surface area contributed by atoms with Gasteiger partial charge in [-0.15, -0.1) is 0 Å². The topological polar surface area (TPSA) is 37.8 Å². The van der Waals surface area contributed by atoms with Crippen molar-refractivity contribution in [2.24, 2.45) is 0 Å². The van der Waals surface area contributed by atoms with E-state index in [0.29, 0.717) is 14.4 Å². The first kappa shape index (κ1) is 13.8. The van der Waals surface area contributed by atoms with Crippen LogP contribution < -0.4 is 5.32 Å². The van der Waals surface area contributed by atoms with Crippen molar-refractivity contribution in [2.75, 3.05) is 18.1 Å². The Balaban J connectivity index is 2.90. The van der Waals surface area contributed by atoms with Crippen LogP contribution >= 0.6 is 34.4 Å². The Labute approximate surface area is 109 Å². The summed E-state index contributed by atoms with van der Waals surface area (Å²) < 4.78 is 36.7. The maximum atomic E-state index is 12.0. The van der Waals surface area contributed by atoms with E-state index in [2.05, 4.69) is 15.3 Å². The van der Waals surface area contributed by atoms with E-state index in [1.165, 1.54) is 11.8 Å². The number of nitrogens with zero attached hydrogens (tertiary/aromatic N) is 2. The number of thioether (sulfide) groups is 1. The summed E-state index contributed by atoms with van der Waals surface area (Å²) in [4.78, 5) is 8.11. The summed E-state index contributed by atoms with van der Waals surface area (Å²) in [7, 11) is 0. The Hall–Kier alpha value is -0.250. The van der Waals surface area contributed by atoms with Crippen LogP contribution in [0.1, 0.15) is 5.69 Å². The van der Waals surface area contributed by atoms with Crippen molar-refractivity contribution in [3.8, 4) is 0 Å². The van der Waals surface area contributed by atoms with Gasteiger partial charge in [-0.05, 0) is 35.8 Å². The third kappa shape index (κ3) is 3.96. The van der Waals surface area contributed by atoms with Crippen LogP contribution in [0.4, 0.5) is 19.0 Å². The molecule has 0 fully saturated rings. The summed E-state index contributed by atoms with van der Waals surface area (Å²) in [5.41, 5.74) is 0.671. The summed E-state index contributed by atoms with van der Waals surface area (Å²) in [6.07, 6.45) is -2.48. The second-order valence-electron chi connectivity index (χ2n) is 2.93. The fraction of sp³-hybridized carbons (Fsp3) is 0.500. The number of aromatic nitrogens is 2. The van der Waals surface area contributed by atoms with Gasteiger partial charge in [0, 0.05) is 0 Å². The molecule has 1 aromatic rings. The lowest BCUT2D eigenvalue weighted by Crippen LogP contribution is -2.22. The lowest BCUT2D eigenvalue weighted by atomic mass is 10.4. The highest BCUT2D eigenvalue weighted by Gasteiger charge is 2.27. The monoisotopic (exact) mass is 363 g/mol. The molecule has 0 aliphatic heterocycles. The smallest absolute Gasteiger partial charge is 0.360 e. The Kier molecular flexibility index (Phi) is 4.65. The molecule has 0 amide bonds. The largest absolute Gasteiger partial charge is 0.405 e. The number of nitrogens with one attached hydrogen (secondary N) is 1. The van der Waals surface area contributed by atoms with E-state index < -0.39 is 12.7 Å². The van der Waals surface area contributed by atoms with Crippen LogP contribution in [-0.2, 0) is 0 Å². The SMILES string of the molecule is CSc1nc(C)c(I)c(NCC(F)(F)F)n1. The average molecular weight is 363 g/mol. The first-order chi connectivity index (χ1) is 7.33. The van der Waals surface area contributed by atoms with E-state index in [4.69, 9.17) is 0 Å². The van der Waals surface area contributed by atoms with Gasteiger partial charge in [-0.1, -0.05) is 11.8 Å². The molecule has 0 saturated heterocycles. The lowest BCUT2D eigenvalue weighted by Gasteiger charge is -2.12. The van der Waals surface area contributed by atoms with Crippen LogP contribution in [0.2, 0.25) is 0 Å². The van der Waals surface area contributed by atoms with Gasteiger partial charge in [-0.3, -0.25) is 0 Å². The van der Waals surface area contributed by atoms with Gasteiger partial charge in [0.25, 0.3) is 0 Å². The van der Waals surface area contributed by atoms with E-state index in [-0.39, 0.29) is 5.82 Å². The predicted molar refractivity (Wildman–Crippen MR) is 65.8 cm³/mol. The summed E-state index contributed by atoms with van der Waals surface area (Å²) in [6.45, 7) is 0.648. The molecular weight excluding hydrogens is 354 g/mol. The maximum Gasteiger partial charge on any atom is 0.405 e. The number of rotatable bonds is 3. The molecule has 0 aliphatic rings. The van der Waals surface area contributed by atoms with Gasteiger partial charge < -0.3 is 5.32 Å². The van der Waals surface area contributed by atoms with E-state index in [0.717, 1.165) is 0 Å². The number of anilines is 1. The van der Waals surface area contributed by atoms with Gasteiger partial charge in [0.2, 0.25) is 0 Å². The summed E-state index contributed by atoms with van der Waals surface area (Å²) in [6, 6.07) is 0. The minimum absolute atomic E-state index is 0.231. The van der Waals surface area contributed by atoms with Gasteiger partial charge >= 0.3 is 6.18 Å². The number of hydrogen-bond donors (Lipinski definition) is 1. The van der Waals surface area contributed by atoms with Gasteiger partial charge in [0.15, 0.2) is 5.16 Å². The Morgan fingerprint density at radius 3 is 2.50 bits per heavy atom. The van der Waals surface area contributed by atoms with Crippen LogP contribution in [0.3, 0.4) is 0 Å². The molecule has 0 spiro atoms. The summed E-state index contributed by atoms with van der Waals surface area (Å²) in [5.74, 6) is 0.231. The van der Waals surface area contributed by atoms with Gasteiger partial charge in [0.05, 0.1) is 9.26 Å². The first-order valence-corrected chi connectivity index (χ1v) is 6.52. The van der Waals surface area contributed by atoms with Crippen molar-refractivity contribution in [3.05, 3.63) is 9.26 Å². The third-order valence-electron chi connectivity index (χ3n) is 1.64. The fourth-order valence-corrected chi connectivity index (χ4v) is 1.77. The summed E-state index contributed by atoms with van der Waals surface area (Å²) in [5, 5.41) is 2.73. The Morgan fingerprint density at radius 1 is 1.38 bits per heavy atom. The molecule has 1 rings (SSSR count). The molecule has 0 saturated carbocycles. The second-order valence-corrected chi connectivity index (χ2v) is 4.78. The summed E-state index contributed by atoms with van der Waals surface area (Å²) >= 11 is 3.22. The molecule has 0 aliphatic carbocycles. The van der Waals surface area contributed by atoms with E-state index >= 15 is 0 Å². The minimum Gasteiger partial charge on any atom is -0.360 e. The van der Waals surface area contributed by atoms with Crippen molar-refractivity contribution in [1.82, 2.24) is 9.97 Å². The van der Waals surface area contributed by atoms with Crippen molar-refractivity contribution in [1.29, 1.82) is 0 Å². The highest BCUT2D eigenvalue weighted by Crippen LogP contribution is 2.23. The van der Waals surface area contributed by atoms with Crippen LogP contribution in [0.15, 0.2) is 5.16 Å². The zero-order valence-corrected chi connectivity index (χ0v) is 11.5. The zero-order chi connectivity index (χ0) is 12.3. The quantitative estimate of drug-likeness (QED) is 0.509. The molecule has 0 atom stereocenters. The van der Waals surface area contributed by atoms with E-state index in [1.54, 1.807) is 13.2 Å². The molecule has 16 heavy (non-hydrogen) atoms. The fourth-order valence-electron chi connectivity index (χ4n) is 0.926. The molecule has 3 nitrogen and oxygen atoms in total. The second kappa shape index (κ2) is 5.39. The van der Waals surface area contributed by atoms with E-state index in [1.807, 2.05) is 22.6 Å². The van der Waals surface area contributed by atoms with Gasteiger partial charge in [-0.2, -0.15) is 13.2 Å².